The van der Waals surface area contributed by atoms with Crippen molar-refractivity contribution in [2.24, 2.45) is 0 Å². The second kappa shape index (κ2) is 6.14. The van der Waals surface area contributed by atoms with E-state index in [9.17, 15) is 4.79 Å². The van der Waals surface area contributed by atoms with Crippen molar-refractivity contribution in [1.29, 1.82) is 0 Å². The van der Waals surface area contributed by atoms with E-state index in [1.54, 1.807) is 4.90 Å². The highest BCUT2D eigenvalue weighted by Crippen LogP contribution is 2.22. The second-order valence-electron chi connectivity index (χ2n) is 6.16. The van der Waals surface area contributed by atoms with Gasteiger partial charge in [-0.05, 0) is 44.4 Å². The van der Waals surface area contributed by atoms with Crippen LogP contribution in [0.15, 0.2) is 48.2 Å². The molecule has 0 bridgehead atoms. The first kappa shape index (κ1) is 15.3. The van der Waals surface area contributed by atoms with E-state index in [1.807, 2.05) is 64.2 Å². The summed E-state index contributed by atoms with van der Waals surface area (Å²) in [7, 11) is 0. The fourth-order valence-electron chi connectivity index (χ4n) is 2.05. The number of carbonyl (C=O) groups is 1. The summed E-state index contributed by atoms with van der Waals surface area (Å²) in [4.78, 5) is 19.1. The molecule has 4 nitrogen and oxygen atoms in total. The Morgan fingerprint density at radius 1 is 1.24 bits per heavy atom. The Bertz CT molecular complexity index is 568. The Morgan fingerprint density at radius 3 is 2.52 bits per heavy atom. The normalized spacial score (nSPS) is 15.3. The van der Waals surface area contributed by atoms with Crippen molar-refractivity contribution in [3.63, 3.8) is 0 Å². The predicted molar refractivity (Wildman–Crippen MR) is 84.3 cm³/mol. The quantitative estimate of drug-likeness (QED) is 0.842. The van der Waals surface area contributed by atoms with Crippen molar-refractivity contribution < 1.29 is 9.63 Å². The van der Waals surface area contributed by atoms with Crippen molar-refractivity contribution in [3.8, 4) is 0 Å². The van der Waals surface area contributed by atoms with Gasteiger partial charge < -0.3 is 0 Å². The molecule has 2 amide bonds. The van der Waals surface area contributed by atoms with Crippen LogP contribution in [0.4, 0.5) is 4.79 Å². The molecule has 1 heterocycles. The average molecular weight is 286 g/mol. The number of nitrogens with zero attached hydrogens (tertiary/aromatic N) is 1. The Kier molecular flexibility index (Phi) is 4.48. The molecule has 1 aromatic carbocycles. The number of urea groups is 1. The molecule has 0 spiro atoms. The third-order valence-corrected chi connectivity index (χ3v) is 2.95. The molecule has 1 N–H and O–H groups in total. The van der Waals surface area contributed by atoms with Crippen molar-refractivity contribution in [2.45, 2.75) is 33.3 Å². The highest BCUT2D eigenvalue weighted by molar-refractivity contribution is 5.80. The Balaban J connectivity index is 2.08. The number of hydroxylamine groups is 1. The van der Waals surface area contributed by atoms with E-state index in [1.165, 1.54) is 0 Å². The summed E-state index contributed by atoms with van der Waals surface area (Å²) < 4.78 is 0. The van der Waals surface area contributed by atoms with E-state index in [4.69, 9.17) is 4.84 Å². The summed E-state index contributed by atoms with van der Waals surface area (Å²) in [6.45, 7) is 8.17. The van der Waals surface area contributed by atoms with Gasteiger partial charge in [0.1, 0.15) is 0 Å². The highest BCUT2D eigenvalue weighted by atomic mass is 16.7. The van der Waals surface area contributed by atoms with E-state index in [0.29, 0.717) is 6.54 Å². The molecular weight excluding hydrogens is 264 g/mol. The molecule has 4 heteroatoms. The summed E-state index contributed by atoms with van der Waals surface area (Å²) in [5.41, 5.74) is 5.36. The lowest BCUT2D eigenvalue weighted by Crippen LogP contribution is -2.42. The van der Waals surface area contributed by atoms with E-state index < -0.39 is 5.60 Å². The van der Waals surface area contributed by atoms with Gasteiger partial charge in [0.2, 0.25) is 0 Å². The molecule has 0 saturated heterocycles. The van der Waals surface area contributed by atoms with Crippen LogP contribution in [0.3, 0.4) is 0 Å². The predicted octanol–water partition coefficient (Wildman–Crippen LogP) is 3.73. The van der Waals surface area contributed by atoms with Crippen LogP contribution in [0.25, 0.3) is 5.57 Å². The van der Waals surface area contributed by atoms with Gasteiger partial charge in [-0.15, -0.1) is 0 Å². The van der Waals surface area contributed by atoms with Crippen molar-refractivity contribution >= 4 is 11.6 Å². The fraction of sp³-hybridized carbons (Fsp3) is 0.353. The molecular formula is C17H22N2O2. The first-order valence-electron chi connectivity index (χ1n) is 7.04. The maximum atomic E-state index is 12.2. The van der Waals surface area contributed by atoms with Crippen molar-refractivity contribution in [3.05, 3.63) is 53.7 Å². The number of nitrogens with one attached hydrogen (secondary N) is 1. The molecule has 0 fully saturated rings. The monoisotopic (exact) mass is 286 g/mol. The summed E-state index contributed by atoms with van der Waals surface area (Å²) in [6.07, 6.45) is 3.93. The van der Waals surface area contributed by atoms with Crippen LogP contribution in [0, 0.1) is 0 Å². The van der Waals surface area contributed by atoms with Gasteiger partial charge >= 0.3 is 6.03 Å². The van der Waals surface area contributed by atoms with Gasteiger partial charge in [-0.3, -0.25) is 9.74 Å². The topological polar surface area (TPSA) is 41.6 Å². The van der Waals surface area contributed by atoms with Gasteiger partial charge in [0.25, 0.3) is 0 Å². The molecule has 0 aliphatic carbocycles. The molecule has 1 aliphatic heterocycles. The van der Waals surface area contributed by atoms with E-state index in [2.05, 4.69) is 11.6 Å². The van der Waals surface area contributed by atoms with Gasteiger partial charge in [0.05, 0.1) is 12.1 Å². The molecule has 112 valence electrons. The lowest BCUT2D eigenvalue weighted by atomic mass is 10.0. The molecule has 0 radical (unpaired) electrons. The number of allylic oxidation sites excluding steroid dienone is 2. The molecule has 0 atom stereocenters. The number of amides is 2. The minimum absolute atomic E-state index is 0.259. The van der Waals surface area contributed by atoms with Crippen LogP contribution >= 0.6 is 0 Å². The maximum Gasteiger partial charge on any atom is 0.345 e. The molecule has 1 aromatic rings. The smallest absolute Gasteiger partial charge is 0.295 e. The first-order valence-corrected chi connectivity index (χ1v) is 7.04. The molecule has 1 aliphatic rings. The van der Waals surface area contributed by atoms with Crippen LogP contribution in [-0.4, -0.2) is 23.1 Å². The van der Waals surface area contributed by atoms with Crippen LogP contribution in [0.5, 0.6) is 0 Å². The van der Waals surface area contributed by atoms with Gasteiger partial charge in [-0.1, -0.05) is 36.4 Å². The summed E-state index contributed by atoms with van der Waals surface area (Å²) in [6, 6.07) is 9.81. The van der Waals surface area contributed by atoms with E-state index in [0.717, 1.165) is 16.7 Å². The molecule has 0 aromatic heterocycles. The standard InChI is InChI=1S/C17H22N2O2/c1-13-10-15(14-8-6-5-7-9-14)12-19(11-13)16(20)18-21-17(2,3)4/h5-11H,12H2,1-4H3,(H,18,20). The largest absolute Gasteiger partial charge is 0.345 e. The van der Waals surface area contributed by atoms with Crippen molar-refractivity contribution in [1.82, 2.24) is 10.4 Å². The number of carbonyl (C=O) groups excluding carboxylic acids is 1. The van der Waals surface area contributed by atoms with Gasteiger partial charge in [-0.25, -0.2) is 10.3 Å². The zero-order valence-corrected chi connectivity index (χ0v) is 13.0. The molecule has 0 saturated carbocycles. The number of benzene rings is 1. The highest BCUT2D eigenvalue weighted by Gasteiger charge is 2.20. The van der Waals surface area contributed by atoms with Gasteiger partial charge in [-0.2, -0.15) is 0 Å². The minimum atomic E-state index is -0.414. The molecule has 0 unspecified atom stereocenters. The van der Waals surface area contributed by atoms with Crippen LogP contribution in [0.2, 0.25) is 0 Å². The zero-order chi connectivity index (χ0) is 15.5. The Hall–Kier alpha value is -2.07. The van der Waals surface area contributed by atoms with Crippen LogP contribution < -0.4 is 5.48 Å². The Labute approximate surface area is 126 Å². The average Bonchev–Trinajstić information content (AvgIpc) is 2.44. The van der Waals surface area contributed by atoms with E-state index >= 15 is 0 Å². The first-order chi connectivity index (χ1) is 9.85. The molecule has 21 heavy (non-hydrogen) atoms. The van der Waals surface area contributed by atoms with Gasteiger partial charge in [0.15, 0.2) is 0 Å². The fourth-order valence-corrected chi connectivity index (χ4v) is 2.05. The lowest BCUT2D eigenvalue weighted by Gasteiger charge is -2.27. The number of rotatable bonds is 2. The summed E-state index contributed by atoms with van der Waals surface area (Å²) in [5.74, 6) is 0. The second-order valence-corrected chi connectivity index (χ2v) is 6.16. The zero-order valence-electron chi connectivity index (χ0n) is 13.0. The number of hydrogen-bond acceptors (Lipinski definition) is 2. The Morgan fingerprint density at radius 2 is 1.90 bits per heavy atom. The minimum Gasteiger partial charge on any atom is -0.295 e. The number of hydrogen-bond donors (Lipinski definition) is 1. The van der Waals surface area contributed by atoms with Crippen LogP contribution in [0.1, 0.15) is 33.3 Å². The SMILES string of the molecule is CC1=CN(C(=O)NOC(C)(C)C)CC(c2ccccc2)=C1. The third-order valence-electron chi connectivity index (χ3n) is 2.95. The van der Waals surface area contributed by atoms with E-state index in [-0.39, 0.29) is 6.03 Å². The maximum absolute atomic E-state index is 12.2. The van der Waals surface area contributed by atoms with Crippen molar-refractivity contribution in [2.75, 3.05) is 6.54 Å². The third kappa shape index (κ3) is 4.46. The van der Waals surface area contributed by atoms with Gasteiger partial charge in [0, 0.05) is 6.20 Å². The lowest BCUT2D eigenvalue weighted by molar-refractivity contribution is -0.0564. The summed E-state index contributed by atoms with van der Waals surface area (Å²) >= 11 is 0. The molecule has 2 rings (SSSR count). The van der Waals surface area contributed by atoms with Crippen LogP contribution in [-0.2, 0) is 4.84 Å². The summed E-state index contributed by atoms with van der Waals surface area (Å²) in [5, 5.41) is 0.